The van der Waals surface area contributed by atoms with Crippen molar-refractivity contribution in [3.8, 4) is 11.5 Å². The van der Waals surface area contributed by atoms with Crippen LogP contribution < -0.4 is 14.8 Å². The molecular weight excluding hydrogens is 330 g/mol. The molecule has 26 heavy (non-hydrogen) atoms. The van der Waals surface area contributed by atoms with Gasteiger partial charge in [-0.05, 0) is 41.3 Å². The van der Waals surface area contributed by atoms with Crippen molar-refractivity contribution in [3.05, 3.63) is 65.2 Å². The third kappa shape index (κ3) is 4.24. The summed E-state index contributed by atoms with van der Waals surface area (Å²) in [6, 6.07) is 13.7. The van der Waals surface area contributed by atoms with Gasteiger partial charge in [-0.2, -0.15) is 0 Å². The molecule has 0 fully saturated rings. The number of carbonyl (C=O) groups is 1. The van der Waals surface area contributed by atoms with Gasteiger partial charge < -0.3 is 19.5 Å². The Balaban J connectivity index is 1.59. The lowest BCUT2D eigenvalue weighted by Crippen LogP contribution is -2.30. The van der Waals surface area contributed by atoms with Crippen LogP contribution in [0.25, 0.3) is 6.08 Å². The summed E-state index contributed by atoms with van der Waals surface area (Å²) in [5, 5.41) is 2.91. The Bertz CT molecular complexity index is 800. The molecule has 1 atom stereocenters. The van der Waals surface area contributed by atoms with Gasteiger partial charge in [0.15, 0.2) is 11.5 Å². The van der Waals surface area contributed by atoms with Crippen LogP contribution in [0.2, 0.25) is 0 Å². The highest BCUT2D eigenvalue weighted by molar-refractivity contribution is 5.91. The first-order valence-corrected chi connectivity index (χ1v) is 8.58. The number of hydrogen-bond donors (Lipinski definition) is 1. The van der Waals surface area contributed by atoms with E-state index in [-0.39, 0.29) is 12.0 Å². The zero-order valence-electron chi connectivity index (χ0n) is 15.0. The van der Waals surface area contributed by atoms with E-state index in [4.69, 9.17) is 14.2 Å². The van der Waals surface area contributed by atoms with Gasteiger partial charge in [-0.3, -0.25) is 4.79 Å². The third-order valence-corrected chi connectivity index (χ3v) is 4.39. The van der Waals surface area contributed by atoms with Crippen LogP contribution in [-0.2, 0) is 16.0 Å². The number of hydrogen-bond acceptors (Lipinski definition) is 4. The number of carbonyl (C=O) groups excluding carboxylic acids is 1. The van der Waals surface area contributed by atoms with Crippen LogP contribution in [0.5, 0.6) is 11.5 Å². The lowest BCUT2D eigenvalue weighted by atomic mass is 9.97. The van der Waals surface area contributed by atoms with E-state index in [0.29, 0.717) is 24.7 Å². The van der Waals surface area contributed by atoms with Crippen LogP contribution in [0.15, 0.2) is 48.5 Å². The topological polar surface area (TPSA) is 56.8 Å². The fourth-order valence-corrected chi connectivity index (χ4v) is 3.03. The predicted octanol–water partition coefficient (Wildman–Crippen LogP) is 3.15. The molecule has 0 aromatic heterocycles. The number of rotatable bonds is 6. The van der Waals surface area contributed by atoms with E-state index < -0.39 is 0 Å². The fraction of sp³-hybridized carbons (Fsp3) is 0.286. The van der Waals surface area contributed by atoms with Crippen LogP contribution >= 0.6 is 0 Å². The van der Waals surface area contributed by atoms with Crippen molar-refractivity contribution >= 4 is 12.0 Å². The number of nitrogens with one attached hydrogen (secondary N) is 1. The second kappa shape index (κ2) is 8.54. The molecule has 1 amide bonds. The summed E-state index contributed by atoms with van der Waals surface area (Å²) in [7, 11) is 3.17. The van der Waals surface area contributed by atoms with Gasteiger partial charge in [-0.25, -0.2) is 0 Å². The standard InChI is InChI=1S/C21H23NO4/c1-24-18-9-7-15(13-19(18)25-2)8-10-21(23)22-14-20-17-6-4-3-5-16(17)11-12-26-20/h3-10,13,20H,11-12,14H2,1-2H3,(H,22,23)/b10-8+. The smallest absolute Gasteiger partial charge is 0.244 e. The van der Waals surface area contributed by atoms with E-state index in [2.05, 4.69) is 17.4 Å². The quantitative estimate of drug-likeness (QED) is 0.811. The van der Waals surface area contributed by atoms with Crippen LogP contribution in [0.4, 0.5) is 0 Å². The van der Waals surface area contributed by atoms with Gasteiger partial charge in [0.05, 0.1) is 20.8 Å². The highest BCUT2D eigenvalue weighted by atomic mass is 16.5. The van der Waals surface area contributed by atoms with Crippen LogP contribution in [-0.4, -0.2) is 33.3 Å². The van der Waals surface area contributed by atoms with Crippen molar-refractivity contribution in [1.29, 1.82) is 0 Å². The molecule has 5 nitrogen and oxygen atoms in total. The summed E-state index contributed by atoms with van der Waals surface area (Å²) < 4.78 is 16.3. The van der Waals surface area contributed by atoms with Crippen LogP contribution in [0, 0.1) is 0 Å². The summed E-state index contributed by atoms with van der Waals surface area (Å²) in [5.41, 5.74) is 3.30. The first-order chi connectivity index (χ1) is 12.7. The minimum atomic E-state index is -0.161. The average molecular weight is 353 g/mol. The van der Waals surface area contributed by atoms with Gasteiger partial charge >= 0.3 is 0 Å². The van der Waals surface area contributed by atoms with Crippen molar-refractivity contribution in [2.24, 2.45) is 0 Å². The molecule has 5 heteroatoms. The summed E-state index contributed by atoms with van der Waals surface area (Å²) in [5.74, 6) is 1.12. The summed E-state index contributed by atoms with van der Waals surface area (Å²) in [6.07, 6.45) is 4.07. The minimum Gasteiger partial charge on any atom is -0.493 e. The Kier molecular flexibility index (Phi) is 5.92. The normalized spacial score (nSPS) is 16.2. The molecule has 0 bridgehead atoms. The van der Waals surface area contributed by atoms with Crippen molar-refractivity contribution in [2.75, 3.05) is 27.4 Å². The summed E-state index contributed by atoms with van der Waals surface area (Å²) in [4.78, 5) is 12.1. The fourth-order valence-electron chi connectivity index (χ4n) is 3.03. The van der Waals surface area contributed by atoms with E-state index >= 15 is 0 Å². The molecule has 1 unspecified atom stereocenters. The Labute approximate surface area is 153 Å². The van der Waals surface area contributed by atoms with Gasteiger partial charge in [-0.15, -0.1) is 0 Å². The second-order valence-electron chi connectivity index (χ2n) is 6.00. The SMILES string of the molecule is COc1ccc(/C=C/C(=O)NCC2OCCc3ccccc32)cc1OC. The van der Waals surface area contributed by atoms with E-state index in [0.717, 1.165) is 17.5 Å². The van der Waals surface area contributed by atoms with E-state index in [1.807, 2.05) is 30.3 Å². The second-order valence-corrected chi connectivity index (χ2v) is 6.00. The van der Waals surface area contributed by atoms with Crippen molar-refractivity contribution in [2.45, 2.75) is 12.5 Å². The molecule has 0 saturated heterocycles. The number of ether oxygens (including phenoxy) is 3. The molecule has 1 aliphatic rings. The summed E-state index contributed by atoms with van der Waals surface area (Å²) in [6.45, 7) is 1.13. The Hall–Kier alpha value is -2.79. The maximum atomic E-state index is 12.1. The van der Waals surface area contributed by atoms with Gasteiger partial charge in [0.2, 0.25) is 5.91 Å². The van der Waals surface area contributed by atoms with Crippen molar-refractivity contribution in [3.63, 3.8) is 0 Å². The molecule has 1 heterocycles. The molecule has 2 aromatic rings. The van der Waals surface area contributed by atoms with Crippen molar-refractivity contribution < 1.29 is 19.0 Å². The first kappa shape index (κ1) is 18.0. The largest absolute Gasteiger partial charge is 0.493 e. The Morgan fingerprint density at radius 2 is 2.00 bits per heavy atom. The van der Waals surface area contributed by atoms with Gasteiger partial charge in [-0.1, -0.05) is 30.3 Å². The van der Waals surface area contributed by atoms with Gasteiger partial charge in [0.1, 0.15) is 6.10 Å². The lowest BCUT2D eigenvalue weighted by Gasteiger charge is -2.26. The average Bonchev–Trinajstić information content (AvgIpc) is 2.70. The lowest BCUT2D eigenvalue weighted by molar-refractivity contribution is -0.117. The number of amides is 1. The maximum absolute atomic E-state index is 12.1. The zero-order chi connectivity index (χ0) is 18.4. The summed E-state index contributed by atoms with van der Waals surface area (Å²) >= 11 is 0. The minimum absolute atomic E-state index is 0.0987. The number of methoxy groups -OCH3 is 2. The zero-order valence-corrected chi connectivity index (χ0v) is 15.0. The predicted molar refractivity (Wildman–Crippen MR) is 100 cm³/mol. The molecule has 1 aliphatic heterocycles. The first-order valence-electron chi connectivity index (χ1n) is 8.58. The van der Waals surface area contributed by atoms with E-state index in [1.54, 1.807) is 20.3 Å². The molecule has 2 aromatic carbocycles. The van der Waals surface area contributed by atoms with E-state index in [1.165, 1.54) is 11.6 Å². The molecule has 0 radical (unpaired) electrons. The number of benzene rings is 2. The van der Waals surface area contributed by atoms with Crippen molar-refractivity contribution in [1.82, 2.24) is 5.32 Å². The maximum Gasteiger partial charge on any atom is 0.244 e. The molecule has 0 aliphatic carbocycles. The van der Waals surface area contributed by atoms with Gasteiger partial charge in [0, 0.05) is 12.6 Å². The molecule has 0 saturated carbocycles. The third-order valence-electron chi connectivity index (χ3n) is 4.39. The molecule has 1 N–H and O–H groups in total. The molecular formula is C21H23NO4. The van der Waals surface area contributed by atoms with Crippen LogP contribution in [0.3, 0.4) is 0 Å². The van der Waals surface area contributed by atoms with Gasteiger partial charge in [0.25, 0.3) is 0 Å². The Morgan fingerprint density at radius 3 is 2.81 bits per heavy atom. The molecule has 3 rings (SSSR count). The molecule has 0 spiro atoms. The van der Waals surface area contributed by atoms with Crippen LogP contribution in [0.1, 0.15) is 22.8 Å². The Morgan fingerprint density at radius 1 is 1.19 bits per heavy atom. The van der Waals surface area contributed by atoms with E-state index in [9.17, 15) is 4.79 Å². The number of fused-ring (bicyclic) bond motifs is 1. The molecule has 136 valence electrons. The highest BCUT2D eigenvalue weighted by Gasteiger charge is 2.20. The monoisotopic (exact) mass is 353 g/mol. The highest BCUT2D eigenvalue weighted by Crippen LogP contribution is 2.28.